The van der Waals surface area contributed by atoms with Crippen LogP contribution in [0.2, 0.25) is 0 Å². The van der Waals surface area contributed by atoms with Crippen LogP contribution in [-0.2, 0) is 21.3 Å². The van der Waals surface area contributed by atoms with Gasteiger partial charge in [0.25, 0.3) is 5.91 Å². The Kier molecular flexibility index (Phi) is 9.63. The summed E-state index contributed by atoms with van der Waals surface area (Å²) in [5, 5.41) is 0. The van der Waals surface area contributed by atoms with Gasteiger partial charge in [0.1, 0.15) is 0 Å². The van der Waals surface area contributed by atoms with E-state index in [-0.39, 0.29) is 16.7 Å². The van der Waals surface area contributed by atoms with E-state index in [2.05, 4.69) is 4.99 Å². The smallest absolute Gasteiger partial charge is 0.279 e. The third kappa shape index (κ3) is 6.70. The van der Waals surface area contributed by atoms with E-state index in [4.69, 9.17) is 4.74 Å². The number of ether oxygens (including phenoxy) is 1. The number of fused-ring (bicyclic) bond motifs is 1. The SMILES string of the molecule is CCOCCn1c(=NC(=O)c2ccc(S(=O)(=O)N(CC(C)C)CC(C)C)cc2)sc2cccc(C)c21. The molecule has 3 aromatic rings. The summed E-state index contributed by atoms with van der Waals surface area (Å²) in [6, 6.07) is 12.2. The van der Waals surface area contributed by atoms with E-state index in [0.29, 0.717) is 43.2 Å². The quantitative estimate of drug-likeness (QED) is 0.323. The van der Waals surface area contributed by atoms with E-state index in [0.717, 1.165) is 15.8 Å². The Hall–Kier alpha value is -2.33. The Labute approximate surface area is 218 Å². The molecule has 0 fully saturated rings. The molecule has 0 N–H and O–H groups in total. The van der Waals surface area contributed by atoms with E-state index in [1.807, 2.05) is 64.3 Å². The molecule has 0 atom stereocenters. The summed E-state index contributed by atoms with van der Waals surface area (Å²) in [4.78, 5) is 18.3. The molecular weight excluding hydrogens is 494 g/mol. The van der Waals surface area contributed by atoms with Gasteiger partial charge in [0.2, 0.25) is 10.0 Å². The second kappa shape index (κ2) is 12.3. The minimum atomic E-state index is -3.66. The molecule has 1 heterocycles. The number of nitrogens with zero attached hydrogens (tertiary/aromatic N) is 3. The zero-order valence-electron chi connectivity index (χ0n) is 22.0. The molecule has 196 valence electrons. The molecule has 0 radical (unpaired) electrons. The summed E-state index contributed by atoms with van der Waals surface area (Å²) in [6.07, 6.45) is 0. The molecule has 1 aromatic heterocycles. The fourth-order valence-corrected chi connectivity index (χ4v) is 6.95. The first kappa shape index (κ1) is 28.2. The minimum absolute atomic E-state index is 0.185. The van der Waals surface area contributed by atoms with Crippen LogP contribution < -0.4 is 4.80 Å². The van der Waals surface area contributed by atoms with Gasteiger partial charge >= 0.3 is 0 Å². The molecule has 2 aromatic carbocycles. The van der Waals surface area contributed by atoms with E-state index in [1.165, 1.54) is 27.8 Å². The maximum atomic E-state index is 13.3. The number of thiazole rings is 1. The van der Waals surface area contributed by atoms with Crippen molar-refractivity contribution in [2.75, 3.05) is 26.3 Å². The third-order valence-electron chi connectivity index (χ3n) is 5.64. The van der Waals surface area contributed by atoms with Crippen LogP contribution in [0.5, 0.6) is 0 Å². The first-order valence-electron chi connectivity index (χ1n) is 12.4. The number of aryl methyl sites for hydroxylation is 1. The molecule has 36 heavy (non-hydrogen) atoms. The molecule has 0 aliphatic heterocycles. The predicted octanol–water partition coefficient (Wildman–Crippen LogP) is 5.09. The number of sulfonamides is 1. The van der Waals surface area contributed by atoms with E-state index in [9.17, 15) is 13.2 Å². The van der Waals surface area contributed by atoms with Gasteiger partial charge in [-0.1, -0.05) is 51.2 Å². The van der Waals surface area contributed by atoms with Gasteiger partial charge < -0.3 is 9.30 Å². The lowest BCUT2D eigenvalue weighted by molar-refractivity contribution is 0.0996. The van der Waals surface area contributed by atoms with E-state index in [1.54, 1.807) is 12.1 Å². The number of aromatic nitrogens is 1. The highest BCUT2D eigenvalue weighted by Crippen LogP contribution is 2.22. The first-order valence-corrected chi connectivity index (χ1v) is 14.7. The summed E-state index contributed by atoms with van der Waals surface area (Å²) in [5.41, 5.74) is 2.50. The first-order chi connectivity index (χ1) is 17.0. The number of carbonyl (C=O) groups is 1. The highest BCUT2D eigenvalue weighted by molar-refractivity contribution is 7.89. The van der Waals surface area contributed by atoms with Crippen molar-refractivity contribution in [3.05, 3.63) is 58.4 Å². The van der Waals surface area contributed by atoms with Crippen LogP contribution in [0, 0.1) is 18.8 Å². The van der Waals surface area contributed by atoms with Crippen molar-refractivity contribution < 1.29 is 17.9 Å². The molecule has 0 aliphatic rings. The highest BCUT2D eigenvalue weighted by Gasteiger charge is 2.26. The molecule has 0 bridgehead atoms. The Morgan fingerprint density at radius 2 is 1.69 bits per heavy atom. The fraction of sp³-hybridized carbons (Fsp3) is 0.481. The van der Waals surface area contributed by atoms with Gasteiger partial charge in [0.05, 0.1) is 21.7 Å². The van der Waals surface area contributed by atoms with Gasteiger partial charge in [0.15, 0.2) is 4.80 Å². The number of hydrogen-bond donors (Lipinski definition) is 0. The molecule has 9 heteroatoms. The molecule has 0 saturated heterocycles. The molecule has 7 nitrogen and oxygen atoms in total. The Morgan fingerprint density at radius 3 is 2.28 bits per heavy atom. The Morgan fingerprint density at radius 1 is 1.06 bits per heavy atom. The summed E-state index contributed by atoms with van der Waals surface area (Å²) >= 11 is 1.46. The molecule has 0 spiro atoms. The van der Waals surface area contributed by atoms with Crippen molar-refractivity contribution >= 4 is 37.5 Å². The van der Waals surface area contributed by atoms with Crippen LogP contribution in [-0.4, -0.2) is 49.5 Å². The Bertz CT molecular complexity index is 1340. The summed E-state index contributed by atoms with van der Waals surface area (Å²) < 4.78 is 36.7. The molecule has 0 aliphatic carbocycles. The number of benzene rings is 2. The van der Waals surface area contributed by atoms with Crippen molar-refractivity contribution in [1.82, 2.24) is 8.87 Å². The summed E-state index contributed by atoms with van der Waals surface area (Å²) in [6.45, 7) is 14.6. The van der Waals surface area contributed by atoms with Crippen LogP contribution >= 0.6 is 11.3 Å². The largest absolute Gasteiger partial charge is 0.380 e. The average molecular weight is 532 g/mol. The number of carbonyl (C=O) groups excluding carboxylic acids is 1. The van der Waals surface area contributed by atoms with Crippen LogP contribution in [0.15, 0.2) is 52.4 Å². The topological polar surface area (TPSA) is 81.0 Å². The number of hydrogen-bond acceptors (Lipinski definition) is 5. The van der Waals surface area contributed by atoms with E-state index < -0.39 is 15.9 Å². The van der Waals surface area contributed by atoms with Crippen molar-refractivity contribution in [3.8, 4) is 0 Å². The number of rotatable bonds is 11. The van der Waals surface area contributed by atoms with Crippen LogP contribution in [0.4, 0.5) is 0 Å². The minimum Gasteiger partial charge on any atom is -0.380 e. The van der Waals surface area contributed by atoms with Gasteiger partial charge in [-0.2, -0.15) is 9.30 Å². The molecule has 3 rings (SSSR count). The van der Waals surface area contributed by atoms with Gasteiger partial charge in [-0.15, -0.1) is 0 Å². The van der Waals surface area contributed by atoms with Gasteiger partial charge in [0, 0.05) is 31.8 Å². The number of para-hydroxylation sites is 1. The molecule has 1 amide bonds. The lowest BCUT2D eigenvalue weighted by atomic mass is 10.2. The summed E-state index contributed by atoms with van der Waals surface area (Å²) in [5.74, 6) is 0.00428. The Balaban J connectivity index is 1.94. The summed E-state index contributed by atoms with van der Waals surface area (Å²) in [7, 11) is -3.66. The second-order valence-corrected chi connectivity index (χ2v) is 12.7. The van der Waals surface area contributed by atoms with Crippen LogP contribution in [0.1, 0.15) is 50.5 Å². The van der Waals surface area contributed by atoms with Crippen molar-refractivity contribution in [1.29, 1.82) is 0 Å². The maximum Gasteiger partial charge on any atom is 0.279 e. The second-order valence-electron chi connectivity index (χ2n) is 9.71. The van der Waals surface area contributed by atoms with E-state index >= 15 is 0 Å². The predicted molar refractivity (Wildman–Crippen MR) is 146 cm³/mol. The normalized spacial score (nSPS) is 13.0. The van der Waals surface area contributed by atoms with Crippen LogP contribution in [0.25, 0.3) is 10.2 Å². The lowest BCUT2D eigenvalue weighted by Crippen LogP contribution is -2.37. The van der Waals surface area contributed by atoms with Gasteiger partial charge in [-0.3, -0.25) is 4.79 Å². The average Bonchev–Trinajstić information content (AvgIpc) is 3.16. The van der Waals surface area contributed by atoms with Gasteiger partial charge in [-0.05, 0) is 61.6 Å². The molecule has 0 saturated carbocycles. The zero-order valence-corrected chi connectivity index (χ0v) is 23.7. The number of amides is 1. The van der Waals surface area contributed by atoms with Crippen molar-refractivity contribution in [2.24, 2.45) is 16.8 Å². The fourth-order valence-electron chi connectivity index (χ4n) is 4.06. The third-order valence-corrected chi connectivity index (χ3v) is 8.53. The maximum absolute atomic E-state index is 13.3. The standard InChI is InChI=1S/C27H37N3O4S2/c1-7-34-16-15-30-25-21(6)9-8-10-24(25)35-27(30)28-26(31)22-11-13-23(14-12-22)36(32,33)29(17-19(2)3)18-20(4)5/h8-14,19-20H,7,15-18H2,1-6H3. The van der Waals surface area contributed by atoms with Crippen molar-refractivity contribution in [2.45, 2.75) is 53.0 Å². The van der Waals surface area contributed by atoms with Crippen LogP contribution in [0.3, 0.4) is 0 Å². The highest BCUT2D eigenvalue weighted by atomic mass is 32.2. The molecule has 0 unspecified atom stereocenters. The van der Waals surface area contributed by atoms with Gasteiger partial charge in [-0.25, -0.2) is 8.42 Å². The molecular formula is C27H37N3O4S2. The lowest BCUT2D eigenvalue weighted by Gasteiger charge is -2.25. The monoisotopic (exact) mass is 531 g/mol. The van der Waals surface area contributed by atoms with Crippen molar-refractivity contribution in [3.63, 3.8) is 0 Å². The zero-order chi connectivity index (χ0) is 26.5.